The van der Waals surface area contributed by atoms with Gasteiger partial charge in [0.2, 0.25) is 5.91 Å². The largest absolute Gasteiger partial charge is 0.489 e. The predicted octanol–water partition coefficient (Wildman–Crippen LogP) is 9.52. The molecule has 0 fully saturated rings. The second-order valence-corrected chi connectivity index (χ2v) is 13.2. The monoisotopic (exact) mass is 703 g/mol. The number of carbonyl (C=O) groups is 3. The highest BCUT2D eigenvalue weighted by Crippen LogP contribution is 2.32. The lowest BCUT2D eigenvalue weighted by Crippen LogP contribution is -2.32. The molecule has 0 radical (unpaired) electrons. The van der Waals surface area contributed by atoms with E-state index in [4.69, 9.17) is 4.74 Å². The Morgan fingerprint density at radius 3 is 1.88 bits per heavy atom. The summed E-state index contributed by atoms with van der Waals surface area (Å²) in [5.74, 6) is -0.317. The number of thioether (sulfide) groups is 1. The molecule has 0 aliphatic heterocycles. The lowest BCUT2D eigenvalue weighted by molar-refractivity contribution is -0.117. The lowest BCUT2D eigenvalue weighted by atomic mass is 10.1. The molecule has 6 rings (SSSR count). The second kappa shape index (κ2) is 17.5. The van der Waals surface area contributed by atoms with Crippen LogP contribution in [0.3, 0.4) is 0 Å². The third-order valence-electron chi connectivity index (χ3n) is 7.97. The van der Waals surface area contributed by atoms with Gasteiger partial charge in [0.25, 0.3) is 11.8 Å². The zero-order valence-corrected chi connectivity index (χ0v) is 29.3. The Hall–Kier alpha value is -6.38. The van der Waals surface area contributed by atoms with Crippen LogP contribution in [0.5, 0.6) is 5.75 Å². The van der Waals surface area contributed by atoms with Crippen LogP contribution in [-0.2, 0) is 16.2 Å². The maximum atomic E-state index is 13.9. The Labute approximate surface area is 308 Å². The molecule has 0 spiro atoms. The van der Waals surface area contributed by atoms with Crippen molar-refractivity contribution < 1.29 is 19.1 Å². The van der Waals surface area contributed by atoms with Crippen LogP contribution in [0.25, 0.3) is 6.08 Å². The third kappa shape index (κ3) is 9.65. The van der Waals surface area contributed by atoms with Crippen molar-refractivity contribution in [2.24, 2.45) is 0 Å². The molecule has 2 N–H and O–H groups in total. The van der Waals surface area contributed by atoms with E-state index in [-0.39, 0.29) is 11.6 Å². The maximum absolute atomic E-state index is 13.9. The van der Waals surface area contributed by atoms with Crippen LogP contribution < -0.4 is 20.3 Å². The van der Waals surface area contributed by atoms with E-state index in [0.29, 0.717) is 29.2 Å². The van der Waals surface area contributed by atoms with Gasteiger partial charge >= 0.3 is 0 Å². The van der Waals surface area contributed by atoms with Crippen molar-refractivity contribution >= 4 is 52.6 Å². The highest BCUT2D eigenvalue weighted by molar-refractivity contribution is 8.00. The number of benzene rings is 6. The van der Waals surface area contributed by atoms with Crippen LogP contribution in [0.1, 0.15) is 28.4 Å². The zero-order valence-electron chi connectivity index (χ0n) is 28.5. The highest BCUT2D eigenvalue weighted by atomic mass is 32.2. The highest BCUT2D eigenvalue weighted by Gasteiger charge is 2.25. The Kier molecular flexibility index (Phi) is 11.9. The summed E-state index contributed by atoms with van der Waals surface area (Å²) in [6, 6.07) is 52.3. The summed E-state index contributed by atoms with van der Waals surface area (Å²) >= 11 is 1.39. The van der Waals surface area contributed by atoms with Gasteiger partial charge in [-0.3, -0.25) is 19.3 Å². The minimum atomic E-state index is -0.501. The summed E-state index contributed by atoms with van der Waals surface area (Å²) in [6.07, 6.45) is 1.62. The van der Waals surface area contributed by atoms with Crippen LogP contribution in [-0.4, -0.2) is 23.0 Å². The number of carbonyl (C=O) groups excluding carboxylic acids is 3. The number of para-hydroxylation sites is 2. The van der Waals surface area contributed by atoms with Gasteiger partial charge in [0.1, 0.15) is 18.1 Å². The molecular formula is C44H37N3O4S. The number of anilines is 3. The molecule has 0 saturated heterocycles. The van der Waals surface area contributed by atoms with Crippen LogP contribution in [0.2, 0.25) is 0 Å². The molecular weight excluding hydrogens is 667 g/mol. The lowest BCUT2D eigenvalue weighted by Gasteiger charge is -2.26. The summed E-state index contributed by atoms with van der Waals surface area (Å²) in [4.78, 5) is 43.4. The Morgan fingerprint density at radius 1 is 0.692 bits per heavy atom. The number of rotatable bonds is 13. The van der Waals surface area contributed by atoms with E-state index in [1.165, 1.54) is 11.8 Å². The molecule has 0 aromatic heterocycles. The molecule has 3 amide bonds. The van der Waals surface area contributed by atoms with Crippen LogP contribution in [0.4, 0.5) is 17.1 Å². The molecule has 52 heavy (non-hydrogen) atoms. The van der Waals surface area contributed by atoms with Crippen LogP contribution in [0, 0.1) is 0 Å². The first-order valence-corrected chi connectivity index (χ1v) is 17.7. The minimum absolute atomic E-state index is 0.0646. The van der Waals surface area contributed by atoms with Crippen molar-refractivity contribution in [3.63, 3.8) is 0 Å². The Bertz CT molecular complexity index is 2090. The van der Waals surface area contributed by atoms with Gasteiger partial charge in [0.15, 0.2) is 0 Å². The third-order valence-corrected chi connectivity index (χ3v) is 9.05. The average molecular weight is 704 g/mol. The van der Waals surface area contributed by atoms with Crippen LogP contribution in [0.15, 0.2) is 180 Å². The molecule has 0 heterocycles. The number of hydrogen-bond donors (Lipinski definition) is 2. The molecule has 0 bridgehead atoms. The fourth-order valence-electron chi connectivity index (χ4n) is 5.35. The van der Waals surface area contributed by atoms with Gasteiger partial charge in [-0.15, -0.1) is 11.8 Å². The van der Waals surface area contributed by atoms with E-state index in [2.05, 4.69) is 10.6 Å². The first-order chi connectivity index (χ1) is 25.4. The Balaban J connectivity index is 1.18. The fraction of sp³-hybridized carbons (Fsp3) is 0.0682. The van der Waals surface area contributed by atoms with Gasteiger partial charge in [0, 0.05) is 27.5 Å². The second-order valence-electron chi connectivity index (χ2n) is 11.8. The molecule has 6 aromatic rings. The van der Waals surface area contributed by atoms with Crippen molar-refractivity contribution in [3.8, 4) is 5.75 Å². The van der Waals surface area contributed by atoms with Gasteiger partial charge < -0.3 is 15.4 Å². The molecule has 1 atom stereocenters. The number of nitrogens with one attached hydrogen (secondary N) is 2. The van der Waals surface area contributed by atoms with E-state index in [9.17, 15) is 14.4 Å². The quantitative estimate of drug-likeness (QED) is 0.0925. The van der Waals surface area contributed by atoms with Crippen molar-refractivity contribution in [1.29, 1.82) is 0 Å². The molecule has 7 nitrogen and oxygen atoms in total. The maximum Gasteiger partial charge on any atom is 0.272 e. The van der Waals surface area contributed by atoms with E-state index < -0.39 is 17.1 Å². The minimum Gasteiger partial charge on any atom is -0.489 e. The number of amides is 3. The van der Waals surface area contributed by atoms with Crippen molar-refractivity contribution in [1.82, 2.24) is 5.32 Å². The molecule has 0 aliphatic rings. The van der Waals surface area contributed by atoms with Crippen molar-refractivity contribution in [2.45, 2.75) is 23.7 Å². The van der Waals surface area contributed by atoms with Crippen molar-refractivity contribution in [3.05, 3.63) is 192 Å². The summed E-state index contributed by atoms with van der Waals surface area (Å²) in [5, 5.41) is 5.27. The molecule has 1 unspecified atom stereocenters. The Morgan fingerprint density at radius 2 is 1.27 bits per heavy atom. The average Bonchev–Trinajstić information content (AvgIpc) is 3.19. The number of nitrogens with zero attached hydrogens (tertiary/aromatic N) is 1. The molecule has 0 saturated carbocycles. The summed E-state index contributed by atoms with van der Waals surface area (Å²) < 4.78 is 5.92. The summed E-state index contributed by atoms with van der Waals surface area (Å²) in [5.41, 5.74) is 4.30. The zero-order chi connectivity index (χ0) is 36.1. The SMILES string of the molecule is CC(Sc1cccc(NC(=O)/C(=C/c2ccc(OCc3ccccc3)cc2)NC(=O)c2ccccc2)c1)C(=O)N(c1ccccc1)c1ccccc1. The number of ether oxygens (including phenoxy) is 1. The summed E-state index contributed by atoms with van der Waals surface area (Å²) in [6.45, 7) is 2.30. The topological polar surface area (TPSA) is 87.7 Å². The molecule has 0 aliphatic carbocycles. The van der Waals surface area contributed by atoms with Gasteiger partial charge in [-0.2, -0.15) is 0 Å². The molecule has 8 heteroatoms. The van der Waals surface area contributed by atoms with Crippen LogP contribution >= 0.6 is 11.8 Å². The van der Waals surface area contributed by atoms with Gasteiger partial charge in [-0.25, -0.2) is 0 Å². The van der Waals surface area contributed by atoms with E-state index in [1.54, 1.807) is 41.3 Å². The normalized spacial score (nSPS) is 11.6. The first-order valence-electron chi connectivity index (χ1n) is 16.8. The van der Waals surface area contributed by atoms with Gasteiger partial charge in [0.05, 0.1) is 5.25 Å². The standard InChI is InChI=1S/C44H37N3O4S/c1-32(44(50)47(37-20-10-4-11-21-37)38-22-12-5-13-23-38)52-40-24-14-19-36(30-40)45-43(49)41(46-42(48)35-17-8-3-9-18-35)29-33-25-27-39(28-26-33)51-31-34-15-6-2-7-16-34/h2-30,32H,31H2,1H3,(H,45,49)(H,46,48)/b41-29-. The van der Waals surface area contributed by atoms with E-state index in [0.717, 1.165) is 21.8 Å². The molecule has 6 aromatic carbocycles. The first kappa shape index (κ1) is 35.4. The predicted molar refractivity (Wildman–Crippen MR) is 210 cm³/mol. The molecule has 258 valence electrons. The van der Waals surface area contributed by atoms with Crippen molar-refractivity contribution in [2.75, 3.05) is 10.2 Å². The van der Waals surface area contributed by atoms with Gasteiger partial charge in [-0.1, -0.05) is 103 Å². The smallest absolute Gasteiger partial charge is 0.272 e. The van der Waals surface area contributed by atoms with E-state index in [1.807, 2.05) is 146 Å². The fourth-order valence-corrected chi connectivity index (χ4v) is 6.32. The van der Waals surface area contributed by atoms with Gasteiger partial charge in [-0.05, 0) is 90.9 Å². The summed E-state index contributed by atoms with van der Waals surface area (Å²) in [7, 11) is 0. The van der Waals surface area contributed by atoms with E-state index >= 15 is 0 Å². The number of hydrogen-bond acceptors (Lipinski definition) is 5.